The van der Waals surface area contributed by atoms with Gasteiger partial charge in [-0.2, -0.15) is 0 Å². The van der Waals surface area contributed by atoms with Gasteiger partial charge >= 0.3 is 0 Å². The lowest BCUT2D eigenvalue weighted by Gasteiger charge is -2.08. The Kier molecular flexibility index (Phi) is 2.68. The minimum absolute atomic E-state index is 0.0196. The van der Waals surface area contributed by atoms with Gasteiger partial charge in [-0.05, 0) is 17.7 Å². The summed E-state index contributed by atoms with van der Waals surface area (Å²) in [6.07, 6.45) is 1.52. The molecule has 0 N–H and O–H groups in total. The molecule has 15 heavy (non-hydrogen) atoms. The number of benzene rings is 1. The lowest BCUT2D eigenvalue weighted by atomic mass is 9.95. The monoisotopic (exact) mass is 200 g/mol. The van der Waals surface area contributed by atoms with Crippen molar-refractivity contribution < 1.29 is 9.21 Å². The first-order valence-corrected chi connectivity index (χ1v) is 4.91. The standard InChI is InChI=1S/C13H12O2/c1-10(11-6-3-2-4-7-11)13(14)12-8-5-9-15-12/h2-10H,1H3. The highest BCUT2D eigenvalue weighted by Crippen LogP contribution is 2.20. The number of hydrogen-bond acceptors (Lipinski definition) is 2. The van der Waals surface area contributed by atoms with Crippen molar-refractivity contribution >= 4 is 5.78 Å². The van der Waals surface area contributed by atoms with E-state index in [1.54, 1.807) is 12.1 Å². The van der Waals surface area contributed by atoms with Crippen molar-refractivity contribution in [1.29, 1.82) is 0 Å². The van der Waals surface area contributed by atoms with Crippen LogP contribution in [0.15, 0.2) is 53.1 Å². The average Bonchev–Trinajstić information content (AvgIpc) is 2.82. The van der Waals surface area contributed by atoms with Gasteiger partial charge in [0, 0.05) is 5.92 Å². The smallest absolute Gasteiger partial charge is 0.205 e. The number of furan rings is 1. The van der Waals surface area contributed by atoms with Crippen molar-refractivity contribution in [3.63, 3.8) is 0 Å². The van der Waals surface area contributed by atoms with Crippen molar-refractivity contribution in [3.05, 3.63) is 60.1 Å². The van der Waals surface area contributed by atoms with E-state index >= 15 is 0 Å². The fraction of sp³-hybridized carbons (Fsp3) is 0.154. The molecule has 1 heterocycles. The Bertz CT molecular complexity index is 429. The van der Waals surface area contributed by atoms with Crippen LogP contribution >= 0.6 is 0 Å². The molecular formula is C13H12O2. The highest BCUT2D eigenvalue weighted by atomic mass is 16.3. The molecule has 2 heteroatoms. The summed E-state index contributed by atoms with van der Waals surface area (Å²) in [6.45, 7) is 1.89. The number of rotatable bonds is 3. The molecule has 0 amide bonds. The molecule has 1 aromatic heterocycles. The Labute approximate surface area is 88.5 Å². The van der Waals surface area contributed by atoms with Crippen molar-refractivity contribution in [2.45, 2.75) is 12.8 Å². The second-order valence-corrected chi connectivity index (χ2v) is 3.47. The minimum atomic E-state index is -0.155. The Morgan fingerprint density at radius 2 is 1.87 bits per heavy atom. The van der Waals surface area contributed by atoms with Crippen molar-refractivity contribution in [2.24, 2.45) is 0 Å². The van der Waals surface area contributed by atoms with E-state index < -0.39 is 0 Å². The summed E-state index contributed by atoms with van der Waals surface area (Å²) >= 11 is 0. The van der Waals surface area contributed by atoms with E-state index in [9.17, 15) is 4.79 Å². The quantitative estimate of drug-likeness (QED) is 0.712. The normalized spacial score (nSPS) is 12.3. The van der Waals surface area contributed by atoms with Crippen LogP contribution in [0.1, 0.15) is 29.0 Å². The zero-order valence-corrected chi connectivity index (χ0v) is 8.51. The van der Waals surface area contributed by atoms with Crippen LogP contribution in [0.3, 0.4) is 0 Å². The lowest BCUT2D eigenvalue weighted by molar-refractivity contribution is 0.0939. The van der Waals surface area contributed by atoms with E-state index in [-0.39, 0.29) is 11.7 Å². The number of carbonyl (C=O) groups is 1. The number of hydrogen-bond donors (Lipinski definition) is 0. The van der Waals surface area contributed by atoms with Gasteiger partial charge in [0.25, 0.3) is 0 Å². The second kappa shape index (κ2) is 4.13. The molecule has 2 nitrogen and oxygen atoms in total. The van der Waals surface area contributed by atoms with Crippen LogP contribution in [0, 0.1) is 0 Å². The molecule has 0 aliphatic carbocycles. The molecule has 0 spiro atoms. The van der Waals surface area contributed by atoms with E-state index in [0.717, 1.165) is 5.56 Å². The van der Waals surface area contributed by atoms with Gasteiger partial charge in [-0.1, -0.05) is 37.3 Å². The Hall–Kier alpha value is -1.83. The Morgan fingerprint density at radius 3 is 2.47 bits per heavy atom. The van der Waals surface area contributed by atoms with Gasteiger partial charge in [-0.3, -0.25) is 4.79 Å². The molecule has 0 saturated carbocycles. The highest BCUT2D eigenvalue weighted by Gasteiger charge is 2.18. The van der Waals surface area contributed by atoms with Gasteiger partial charge in [-0.15, -0.1) is 0 Å². The van der Waals surface area contributed by atoms with E-state index in [1.165, 1.54) is 6.26 Å². The zero-order valence-electron chi connectivity index (χ0n) is 8.51. The molecule has 2 aromatic rings. The van der Waals surface area contributed by atoms with E-state index in [1.807, 2.05) is 37.3 Å². The molecule has 0 aliphatic heterocycles. The molecule has 2 rings (SSSR count). The van der Waals surface area contributed by atoms with Crippen LogP contribution in [0.5, 0.6) is 0 Å². The van der Waals surface area contributed by atoms with Crippen LogP contribution in [-0.2, 0) is 0 Å². The van der Waals surface area contributed by atoms with Crippen molar-refractivity contribution in [3.8, 4) is 0 Å². The van der Waals surface area contributed by atoms with Crippen LogP contribution < -0.4 is 0 Å². The number of carbonyl (C=O) groups excluding carboxylic acids is 1. The fourth-order valence-electron chi connectivity index (χ4n) is 1.53. The average molecular weight is 200 g/mol. The van der Waals surface area contributed by atoms with Gasteiger partial charge in [0.1, 0.15) is 0 Å². The third-order valence-electron chi connectivity index (χ3n) is 2.46. The van der Waals surface area contributed by atoms with Gasteiger partial charge in [0.2, 0.25) is 5.78 Å². The topological polar surface area (TPSA) is 30.2 Å². The summed E-state index contributed by atoms with van der Waals surface area (Å²) in [6, 6.07) is 13.1. The molecule has 1 aromatic carbocycles. The summed E-state index contributed by atoms with van der Waals surface area (Å²) < 4.78 is 5.09. The molecule has 1 unspecified atom stereocenters. The highest BCUT2D eigenvalue weighted by molar-refractivity contribution is 5.98. The lowest BCUT2D eigenvalue weighted by Crippen LogP contribution is -2.08. The maximum Gasteiger partial charge on any atom is 0.205 e. The summed E-state index contributed by atoms with van der Waals surface area (Å²) in [4.78, 5) is 11.9. The molecule has 1 atom stereocenters. The maximum absolute atomic E-state index is 11.9. The summed E-state index contributed by atoms with van der Waals surface area (Å²) in [5, 5.41) is 0. The van der Waals surface area contributed by atoms with Gasteiger partial charge in [-0.25, -0.2) is 0 Å². The maximum atomic E-state index is 11.9. The van der Waals surface area contributed by atoms with Gasteiger partial charge in [0.05, 0.1) is 6.26 Å². The molecule has 0 radical (unpaired) electrons. The molecular weight excluding hydrogens is 188 g/mol. The molecule has 0 bridgehead atoms. The van der Waals surface area contributed by atoms with E-state index in [4.69, 9.17) is 4.42 Å². The fourth-order valence-corrected chi connectivity index (χ4v) is 1.53. The first kappa shape index (κ1) is 9.71. The predicted molar refractivity (Wildman–Crippen MR) is 57.9 cm³/mol. The minimum Gasteiger partial charge on any atom is -0.461 e. The van der Waals surface area contributed by atoms with Crippen molar-refractivity contribution in [1.82, 2.24) is 0 Å². The summed E-state index contributed by atoms with van der Waals surface area (Å²) in [7, 11) is 0. The first-order valence-electron chi connectivity index (χ1n) is 4.91. The van der Waals surface area contributed by atoms with Gasteiger partial charge < -0.3 is 4.42 Å². The molecule has 0 saturated heterocycles. The Balaban J connectivity index is 2.23. The third-order valence-corrected chi connectivity index (χ3v) is 2.46. The number of Topliss-reactive ketones (excluding diaryl/α,β-unsaturated/α-hetero) is 1. The van der Waals surface area contributed by atoms with Crippen LogP contribution in [-0.4, -0.2) is 5.78 Å². The van der Waals surface area contributed by atoms with Crippen LogP contribution in [0.4, 0.5) is 0 Å². The van der Waals surface area contributed by atoms with E-state index in [2.05, 4.69) is 0 Å². The zero-order chi connectivity index (χ0) is 10.7. The summed E-state index contributed by atoms with van der Waals surface area (Å²) in [5.74, 6) is 0.287. The first-order chi connectivity index (χ1) is 7.29. The largest absolute Gasteiger partial charge is 0.461 e. The van der Waals surface area contributed by atoms with Gasteiger partial charge in [0.15, 0.2) is 5.76 Å². The summed E-state index contributed by atoms with van der Waals surface area (Å²) in [5.41, 5.74) is 1.01. The number of ketones is 1. The molecule has 0 aliphatic rings. The van der Waals surface area contributed by atoms with Crippen LogP contribution in [0.25, 0.3) is 0 Å². The van der Waals surface area contributed by atoms with Crippen LogP contribution in [0.2, 0.25) is 0 Å². The molecule has 76 valence electrons. The van der Waals surface area contributed by atoms with Crippen molar-refractivity contribution in [2.75, 3.05) is 0 Å². The second-order valence-electron chi connectivity index (χ2n) is 3.47. The molecule has 0 fully saturated rings. The Morgan fingerprint density at radius 1 is 1.13 bits per heavy atom. The predicted octanol–water partition coefficient (Wildman–Crippen LogP) is 3.27. The van der Waals surface area contributed by atoms with E-state index in [0.29, 0.717) is 5.76 Å². The SMILES string of the molecule is CC(C(=O)c1ccco1)c1ccccc1. The third kappa shape index (κ3) is 1.99.